The molecule has 2 aliphatic rings. The van der Waals surface area contributed by atoms with E-state index >= 15 is 0 Å². The van der Waals surface area contributed by atoms with Crippen LogP contribution in [-0.4, -0.2) is 41.6 Å². The molecule has 5 heteroatoms. The van der Waals surface area contributed by atoms with E-state index in [1.54, 1.807) is 4.90 Å². The van der Waals surface area contributed by atoms with Crippen molar-refractivity contribution in [1.82, 2.24) is 10.2 Å². The molecule has 2 fully saturated rings. The van der Waals surface area contributed by atoms with Gasteiger partial charge in [-0.1, -0.05) is 19.3 Å². The van der Waals surface area contributed by atoms with Crippen LogP contribution in [0.2, 0.25) is 0 Å². The lowest BCUT2D eigenvalue weighted by Crippen LogP contribution is -2.46. The average Bonchev–Trinajstić information content (AvgIpc) is 2.31. The predicted molar refractivity (Wildman–Crippen MR) is 71.9 cm³/mol. The van der Waals surface area contributed by atoms with Gasteiger partial charge in [-0.3, -0.25) is 4.79 Å². The number of hydrogen-bond acceptors (Lipinski definition) is 2. The molecule has 0 spiro atoms. The summed E-state index contributed by atoms with van der Waals surface area (Å²) in [6.07, 6.45) is 7.03. The Labute approximate surface area is 114 Å². The van der Waals surface area contributed by atoms with E-state index in [-0.39, 0.29) is 18.4 Å². The monoisotopic (exact) mass is 268 g/mol. The molecule has 5 nitrogen and oxygen atoms in total. The zero-order valence-corrected chi connectivity index (χ0v) is 11.4. The first-order chi connectivity index (χ1) is 9.15. The molecular weight excluding hydrogens is 244 g/mol. The summed E-state index contributed by atoms with van der Waals surface area (Å²) in [5.41, 5.74) is 0. The van der Waals surface area contributed by atoms with Gasteiger partial charge in [-0.15, -0.1) is 0 Å². The van der Waals surface area contributed by atoms with Gasteiger partial charge in [-0.2, -0.15) is 0 Å². The van der Waals surface area contributed by atoms with Crippen LogP contribution in [0.5, 0.6) is 0 Å². The minimum atomic E-state index is -0.766. The van der Waals surface area contributed by atoms with Crippen molar-refractivity contribution in [3.05, 3.63) is 0 Å². The maximum atomic E-state index is 12.0. The fraction of sp³-hybridized carbons (Fsp3) is 0.857. The second-order valence-corrected chi connectivity index (χ2v) is 5.87. The van der Waals surface area contributed by atoms with Gasteiger partial charge in [0, 0.05) is 26.1 Å². The number of piperidine rings is 1. The molecule has 1 saturated carbocycles. The van der Waals surface area contributed by atoms with Gasteiger partial charge in [0.15, 0.2) is 0 Å². The topological polar surface area (TPSA) is 69.6 Å². The van der Waals surface area contributed by atoms with Gasteiger partial charge in [-0.05, 0) is 31.1 Å². The van der Waals surface area contributed by atoms with E-state index in [9.17, 15) is 9.59 Å². The third kappa shape index (κ3) is 4.40. The minimum Gasteiger partial charge on any atom is -0.481 e. The molecule has 19 heavy (non-hydrogen) atoms. The van der Waals surface area contributed by atoms with Crippen molar-refractivity contribution in [2.24, 2.45) is 11.8 Å². The van der Waals surface area contributed by atoms with Crippen molar-refractivity contribution >= 4 is 12.0 Å². The maximum absolute atomic E-state index is 12.0. The molecular formula is C14H24N2O3. The SMILES string of the molecule is O=C(O)CC1CCCN(C(=O)NCCC2CCC2)C1. The quantitative estimate of drug-likeness (QED) is 0.802. The number of nitrogens with one attached hydrogen (secondary N) is 1. The molecule has 1 aliphatic heterocycles. The second kappa shape index (κ2) is 6.78. The van der Waals surface area contributed by atoms with E-state index in [1.807, 2.05) is 0 Å². The van der Waals surface area contributed by atoms with Crippen LogP contribution < -0.4 is 5.32 Å². The van der Waals surface area contributed by atoms with E-state index in [0.717, 1.165) is 38.3 Å². The summed E-state index contributed by atoms with van der Waals surface area (Å²) in [5, 5.41) is 11.8. The van der Waals surface area contributed by atoms with E-state index < -0.39 is 5.97 Å². The van der Waals surface area contributed by atoms with Gasteiger partial charge in [0.25, 0.3) is 0 Å². The Balaban J connectivity index is 1.67. The van der Waals surface area contributed by atoms with Gasteiger partial charge in [0.1, 0.15) is 0 Å². The third-order valence-corrected chi connectivity index (χ3v) is 4.32. The summed E-state index contributed by atoms with van der Waals surface area (Å²) in [7, 11) is 0. The van der Waals surface area contributed by atoms with Crippen molar-refractivity contribution in [3.8, 4) is 0 Å². The third-order valence-electron chi connectivity index (χ3n) is 4.32. The number of carboxylic acids is 1. The standard InChI is InChI=1S/C14H24N2O3/c17-13(18)9-12-5-2-8-16(10-12)14(19)15-7-6-11-3-1-4-11/h11-12H,1-10H2,(H,15,19)(H,17,18). The van der Waals surface area contributed by atoms with Gasteiger partial charge in [0.05, 0.1) is 0 Å². The van der Waals surface area contributed by atoms with Crippen LogP contribution in [0.25, 0.3) is 0 Å². The summed E-state index contributed by atoms with van der Waals surface area (Å²) >= 11 is 0. The van der Waals surface area contributed by atoms with E-state index in [2.05, 4.69) is 5.32 Å². The summed E-state index contributed by atoms with van der Waals surface area (Å²) in [4.78, 5) is 24.5. The highest BCUT2D eigenvalue weighted by molar-refractivity contribution is 5.74. The first kappa shape index (κ1) is 14.2. The van der Waals surface area contributed by atoms with E-state index in [0.29, 0.717) is 6.54 Å². The molecule has 1 unspecified atom stereocenters. The van der Waals surface area contributed by atoms with Gasteiger partial charge in [0.2, 0.25) is 0 Å². The number of urea groups is 1. The Bertz CT molecular complexity index is 329. The van der Waals surface area contributed by atoms with Crippen LogP contribution in [0.15, 0.2) is 0 Å². The van der Waals surface area contributed by atoms with Crippen LogP contribution in [0, 0.1) is 11.8 Å². The summed E-state index contributed by atoms with van der Waals surface area (Å²) in [5.74, 6) is 0.155. The summed E-state index contributed by atoms with van der Waals surface area (Å²) < 4.78 is 0. The number of amides is 2. The Morgan fingerprint density at radius 2 is 1.89 bits per heavy atom. The van der Waals surface area contributed by atoms with Crippen LogP contribution in [0.1, 0.15) is 44.9 Å². The smallest absolute Gasteiger partial charge is 0.317 e. The number of rotatable bonds is 5. The zero-order valence-electron chi connectivity index (χ0n) is 11.4. The number of hydrogen-bond donors (Lipinski definition) is 2. The molecule has 0 aromatic rings. The molecule has 1 aliphatic carbocycles. The van der Waals surface area contributed by atoms with Crippen molar-refractivity contribution < 1.29 is 14.7 Å². The predicted octanol–water partition coefficient (Wildman–Crippen LogP) is 2.07. The number of carbonyl (C=O) groups excluding carboxylic acids is 1. The van der Waals surface area contributed by atoms with Crippen LogP contribution in [-0.2, 0) is 4.79 Å². The largest absolute Gasteiger partial charge is 0.481 e. The molecule has 1 atom stereocenters. The number of carbonyl (C=O) groups is 2. The van der Waals surface area contributed by atoms with E-state index in [4.69, 9.17) is 5.11 Å². The summed E-state index contributed by atoms with van der Waals surface area (Å²) in [6.45, 7) is 2.09. The fourth-order valence-corrected chi connectivity index (χ4v) is 2.94. The first-order valence-electron chi connectivity index (χ1n) is 7.39. The maximum Gasteiger partial charge on any atom is 0.317 e. The zero-order chi connectivity index (χ0) is 13.7. The molecule has 1 saturated heterocycles. The Hall–Kier alpha value is -1.26. The Kier molecular flexibility index (Phi) is 5.05. The van der Waals surface area contributed by atoms with Gasteiger partial charge < -0.3 is 15.3 Å². The van der Waals surface area contributed by atoms with Crippen molar-refractivity contribution in [2.75, 3.05) is 19.6 Å². The minimum absolute atomic E-state index is 0.0191. The molecule has 108 valence electrons. The van der Waals surface area contributed by atoms with E-state index in [1.165, 1.54) is 19.3 Å². The second-order valence-electron chi connectivity index (χ2n) is 5.87. The average molecular weight is 268 g/mol. The van der Waals surface area contributed by atoms with Crippen LogP contribution in [0.3, 0.4) is 0 Å². The fourth-order valence-electron chi connectivity index (χ4n) is 2.94. The molecule has 2 N–H and O–H groups in total. The van der Waals surface area contributed by atoms with Crippen LogP contribution in [0.4, 0.5) is 4.79 Å². The van der Waals surface area contributed by atoms with Crippen molar-refractivity contribution in [1.29, 1.82) is 0 Å². The lowest BCUT2D eigenvalue weighted by molar-refractivity contribution is -0.138. The molecule has 0 aromatic heterocycles. The molecule has 1 heterocycles. The van der Waals surface area contributed by atoms with Gasteiger partial charge >= 0.3 is 12.0 Å². The van der Waals surface area contributed by atoms with Crippen molar-refractivity contribution in [2.45, 2.75) is 44.9 Å². The number of nitrogens with zero attached hydrogens (tertiary/aromatic N) is 1. The Morgan fingerprint density at radius 3 is 2.53 bits per heavy atom. The van der Waals surface area contributed by atoms with Crippen molar-refractivity contribution in [3.63, 3.8) is 0 Å². The molecule has 0 aromatic carbocycles. The Morgan fingerprint density at radius 1 is 1.16 bits per heavy atom. The highest BCUT2D eigenvalue weighted by Gasteiger charge is 2.25. The number of carboxylic acid groups (broad SMARTS) is 1. The lowest BCUT2D eigenvalue weighted by atomic mass is 9.83. The molecule has 2 rings (SSSR count). The lowest BCUT2D eigenvalue weighted by Gasteiger charge is -2.32. The molecule has 0 radical (unpaired) electrons. The molecule has 2 amide bonds. The number of likely N-dealkylation sites (tertiary alicyclic amines) is 1. The number of aliphatic carboxylic acids is 1. The highest BCUT2D eigenvalue weighted by Crippen LogP contribution is 2.28. The first-order valence-corrected chi connectivity index (χ1v) is 7.39. The summed E-state index contributed by atoms with van der Waals surface area (Å²) in [6, 6.07) is -0.0191. The van der Waals surface area contributed by atoms with Gasteiger partial charge in [-0.25, -0.2) is 4.79 Å². The van der Waals surface area contributed by atoms with Crippen LogP contribution >= 0.6 is 0 Å². The highest BCUT2D eigenvalue weighted by atomic mass is 16.4. The normalized spacial score (nSPS) is 23.8. The molecule has 0 bridgehead atoms.